The number of aryl methyl sites for hydroxylation is 2. The van der Waals surface area contributed by atoms with E-state index in [1.165, 1.54) is 6.42 Å². The number of anilines is 1. The number of hydrogen-bond acceptors (Lipinski definition) is 4. The predicted octanol–water partition coefficient (Wildman–Crippen LogP) is 5.03. The molecular formula is C30H45N5O2. The van der Waals surface area contributed by atoms with Gasteiger partial charge in [0.25, 0.3) is 0 Å². The summed E-state index contributed by atoms with van der Waals surface area (Å²) in [5.74, 6) is 1.89. The third kappa shape index (κ3) is 6.81. The molecule has 2 aromatic rings. The van der Waals surface area contributed by atoms with Crippen molar-refractivity contribution < 1.29 is 9.59 Å². The third-order valence-corrected chi connectivity index (χ3v) is 8.18. The fourth-order valence-corrected chi connectivity index (χ4v) is 5.98. The highest BCUT2D eigenvalue weighted by molar-refractivity contribution is 5.94. The lowest BCUT2D eigenvalue weighted by atomic mass is 9.92. The molecule has 2 atom stereocenters. The standard InChI is InChI=1S/C30H45N5O2/c1-5-29(36)35-19-14-26-10-8-11-27(34(26)18-13-23(2)3)22-33(21-25-9-6-7-12-28(25)35)30(37)15-17-32-20-16-31-24(32)4/h6-7,9,12,16,20,23,26-27H,5,8,10-11,13-15,17-19,21-22H2,1-4H3. The Morgan fingerprint density at radius 1 is 1.05 bits per heavy atom. The Balaban J connectivity index is 1.67. The van der Waals surface area contributed by atoms with Crippen LogP contribution in [-0.4, -0.2) is 62.9 Å². The molecule has 1 aromatic carbocycles. The molecule has 0 aliphatic carbocycles. The molecule has 0 saturated carbocycles. The lowest BCUT2D eigenvalue weighted by Crippen LogP contribution is -2.53. The number of fused-ring (bicyclic) bond motifs is 3. The summed E-state index contributed by atoms with van der Waals surface area (Å²) in [6.07, 6.45) is 10.2. The van der Waals surface area contributed by atoms with Crippen LogP contribution in [0.5, 0.6) is 0 Å². The largest absolute Gasteiger partial charge is 0.337 e. The van der Waals surface area contributed by atoms with Gasteiger partial charge in [0.15, 0.2) is 0 Å². The second kappa shape index (κ2) is 12.7. The first-order chi connectivity index (χ1) is 17.9. The number of piperidine rings is 1. The second-order valence-electron chi connectivity index (χ2n) is 11.2. The average Bonchev–Trinajstić information content (AvgIpc) is 3.30. The topological polar surface area (TPSA) is 61.7 Å². The lowest BCUT2D eigenvalue weighted by Gasteiger charge is -2.44. The van der Waals surface area contributed by atoms with Gasteiger partial charge in [0.05, 0.1) is 0 Å². The maximum atomic E-state index is 13.8. The molecule has 7 heteroatoms. The summed E-state index contributed by atoms with van der Waals surface area (Å²) < 4.78 is 2.05. The van der Waals surface area contributed by atoms with E-state index in [0.29, 0.717) is 43.9 Å². The van der Waals surface area contributed by atoms with Gasteiger partial charge in [-0.25, -0.2) is 4.98 Å². The summed E-state index contributed by atoms with van der Waals surface area (Å²) >= 11 is 0. The average molecular weight is 508 g/mol. The zero-order chi connectivity index (χ0) is 26.4. The Kier molecular flexibility index (Phi) is 9.41. The van der Waals surface area contributed by atoms with Crippen molar-refractivity contribution in [3.8, 4) is 0 Å². The summed E-state index contributed by atoms with van der Waals surface area (Å²) in [6, 6.07) is 8.98. The van der Waals surface area contributed by atoms with E-state index in [0.717, 1.165) is 62.4 Å². The van der Waals surface area contributed by atoms with Crippen LogP contribution < -0.4 is 4.90 Å². The Labute approximate surface area is 222 Å². The van der Waals surface area contributed by atoms with Crippen molar-refractivity contribution in [3.63, 3.8) is 0 Å². The first-order valence-electron chi connectivity index (χ1n) is 14.3. The number of imidazole rings is 1. The van der Waals surface area contributed by atoms with Gasteiger partial charge >= 0.3 is 0 Å². The van der Waals surface area contributed by atoms with Crippen molar-refractivity contribution in [3.05, 3.63) is 48.0 Å². The van der Waals surface area contributed by atoms with E-state index < -0.39 is 0 Å². The summed E-state index contributed by atoms with van der Waals surface area (Å²) in [6.45, 7) is 12.2. The molecule has 2 bridgehead atoms. The first kappa shape index (κ1) is 27.4. The molecule has 1 saturated heterocycles. The highest BCUT2D eigenvalue weighted by Gasteiger charge is 2.34. The van der Waals surface area contributed by atoms with E-state index in [-0.39, 0.29) is 11.8 Å². The van der Waals surface area contributed by atoms with Crippen LogP contribution in [0.2, 0.25) is 0 Å². The molecule has 7 nitrogen and oxygen atoms in total. The van der Waals surface area contributed by atoms with Gasteiger partial charge in [0, 0.05) is 69.2 Å². The fourth-order valence-electron chi connectivity index (χ4n) is 5.98. The molecule has 2 aliphatic rings. The molecule has 3 heterocycles. The number of carbonyl (C=O) groups excluding carboxylic acids is 2. The molecule has 0 radical (unpaired) electrons. The van der Waals surface area contributed by atoms with E-state index in [4.69, 9.17) is 0 Å². The van der Waals surface area contributed by atoms with Crippen LogP contribution >= 0.6 is 0 Å². The molecule has 2 amide bonds. The zero-order valence-electron chi connectivity index (χ0n) is 23.2. The summed E-state index contributed by atoms with van der Waals surface area (Å²) in [4.78, 5) is 38.0. The predicted molar refractivity (Wildman–Crippen MR) is 148 cm³/mol. The lowest BCUT2D eigenvalue weighted by molar-refractivity contribution is -0.133. The second-order valence-corrected chi connectivity index (χ2v) is 11.2. The summed E-state index contributed by atoms with van der Waals surface area (Å²) in [5.41, 5.74) is 2.02. The number of rotatable bonds is 7. The van der Waals surface area contributed by atoms with Crippen LogP contribution in [0, 0.1) is 12.8 Å². The highest BCUT2D eigenvalue weighted by atomic mass is 16.2. The van der Waals surface area contributed by atoms with Crippen LogP contribution in [0.25, 0.3) is 0 Å². The molecule has 37 heavy (non-hydrogen) atoms. The SMILES string of the molecule is CCC(=O)N1CCC2CCCC(CN(C(=O)CCn3ccnc3C)Cc3ccccc31)N2CCC(C)C. The van der Waals surface area contributed by atoms with E-state index >= 15 is 0 Å². The van der Waals surface area contributed by atoms with E-state index in [9.17, 15) is 9.59 Å². The number of nitrogens with zero attached hydrogens (tertiary/aromatic N) is 5. The Hall–Kier alpha value is -2.67. The Bertz CT molecular complexity index is 1050. The van der Waals surface area contributed by atoms with E-state index in [1.54, 1.807) is 6.20 Å². The number of benzene rings is 1. The van der Waals surface area contributed by atoms with Crippen molar-refractivity contribution in [1.82, 2.24) is 19.4 Å². The molecule has 0 N–H and O–H groups in total. The number of carbonyl (C=O) groups is 2. The number of aromatic nitrogens is 2. The van der Waals surface area contributed by atoms with Gasteiger partial charge in [0.2, 0.25) is 11.8 Å². The van der Waals surface area contributed by atoms with Crippen LogP contribution in [-0.2, 0) is 22.7 Å². The van der Waals surface area contributed by atoms with Crippen LogP contribution in [0.3, 0.4) is 0 Å². The van der Waals surface area contributed by atoms with Crippen molar-refractivity contribution in [2.75, 3.05) is 24.5 Å². The number of para-hydroxylation sites is 1. The molecule has 0 spiro atoms. The molecule has 2 unspecified atom stereocenters. The van der Waals surface area contributed by atoms with E-state index in [2.05, 4.69) is 40.8 Å². The van der Waals surface area contributed by atoms with Gasteiger partial charge in [-0.3, -0.25) is 14.5 Å². The van der Waals surface area contributed by atoms with E-state index in [1.807, 2.05) is 41.6 Å². The summed E-state index contributed by atoms with van der Waals surface area (Å²) in [5, 5.41) is 0. The quantitative estimate of drug-likeness (QED) is 0.528. The number of amides is 2. The van der Waals surface area contributed by atoms with Crippen LogP contribution in [0.15, 0.2) is 36.7 Å². The van der Waals surface area contributed by atoms with Gasteiger partial charge in [-0.05, 0) is 56.7 Å². The normalized spacial score (nSPS) is 21.0. The molecule has 1 fully saturated rings. The third-order valence-electron chi connectivity index (χ3n) is 8.18. The number of hydrogen-bond donors (Lipinski definition) is 0. The van der Waals surface area contributed by atoms with Gasteiger partial charge in [0.1, 0.15) is 5.82 Å². The minimum atomic E-state index is 0.154. The molecule has 202 valence electrons. The Morgan fingerprint density at radius 2 is 1.84 bits per heavy atom. The molecular weight excluding hydrogens is 462 g/mol. The van der Waals surface area contributed by atoms with Crippen molar-refractivity contribution >= 4 is 17.5 Å². The maximum Gasteiger partial charge on any atom is 0.226 e. The highest BCUT2D eigenvalue weighted by Crippen LogP contribution is 2.31. The zero-order valence-corrected chi connectivity index (χ0v) is 23.2. The maximum absolute atomic E-state index is 13.8. The van der Waals surface area contributed by atoms with Crippen molar-refractivity contribution in [2.24, 2.45) is 5.92 Å². The van der Waals surface area contributed by atoms with Gasteiger partial charge in [-0.1, -0.05) is 45.4 Å². The molecule has 4 rings (SSSR count). The van der Waals surface area contributed by atoms with Gasteiger partial charge < -0.3 is 14.4 Å². The van der Waals surface area contributed by atoms with Crippen LogP contribution in [0.1, 0.15) is 77.1 Å². The molecule has 2 aliphatic heterocycles. The van der Waals surface area contributed by atoms with Gasteiger partial charge in [-0.15, -0.1) is 0 Å². The van der Waals surface area contributed by atoms with Crippen molar-refractivity contribution in [2.45, 2.75) is 97.8 Å². The van der Waals surface area contributed by atoms with Gasteiger partial charge in [-0.2, -0.15) is 0 Å². The smallest absolute Gasteiger partial charge is 0.226 e. The van der Waals surface area contributed by atoms with Crippen LogP contribution in [0.4, 0.5) is 5.69 Å². The Morgan fingerprint density at radius 3 is 2.57 bits per heavy atom. The minimum absolute atomic E-state index is 0.154. The minimum Gasteiger partial charge on any atom is -0.337 e. The fraction of sp³-hybridized carbons (Fsp3) is 0.633. The first-order valence-corrected chi connectivity index (χ1v) is 14.3. The van der Waals surface area contributed by atoms with Crippen molar-refractivity contribution in [1.29, 1.82) is 0 Å². The monoisotopic (exact) mass is 507 g/mol. The molecule has 1 aromatic heterocycles. The summed E-state index contributed by atoms with van der Waals surface area (Å²) in [7, 11) is 0.